The Labute approximate surface area is 119 Å². The zero-order valence-corrected chi connectivity index (χ0v) is 12.3. The van der Waals surface area contributed by atoms with Crippen molar-refractivity contribution in [3.8, 4) is 0 Å². The van der Waals surface area contributed by atoms with Gasteiger partial charge in [-0.05, 0) is 44.2 Å². The first-order chi connectivity index (χ1) is 8.20. The normalized spacial score (nSPS) is 16.1. The summed E-state index contributed by atoms with van der Waals surface area (Å²) in [7, 11) is 0. The summed E-state index contributed by atoms with van der Waals surface area (Å²) in [6.45, 7) is 2.41. The van der Waals surface area contributed by atoms with Crippen LogP contribution in [0.25, 0.3) is 0 Å². The molecule has 1 atom stereocenters. The van der Waals surface area contributed by atoms with Crippen molar-refractivity contribution in [1.82, 2.24) is 5.32 Å². The lowest BCUT2D eigenvalue weighted by Crippen LogP contribution is -2.37. The average molecular weight is 289 g/mol. The maximum Gasteiger partial charge on any atom is 0.261 e. The van der Waals surface area contributed by atoms with Crippen molar-refractivity contribution >= 4 is 29.7 Å². The molecule has 3 nitrogen and oxygen atoms in total. The van der Waals surface area contributed by atoms with Gasteiger partial charge in [0.25, 0.3) is 5.91 Å². The number of fused-ring (bicyclic) bond motifs is 1. The van der Waals surface area contributed by atoms with Crippen LogP contribution < -0.4 is 11.1 Å². The molecule has 0 saturated carbocycles. The van der Waals surface area contributed by atoms with E-state index in [9.17, 15) is 4.79 Å². The van der Waals surface area contributed by atoms with Gasteiger partial charge in [-0.15, -0.1) is 23.7 Å². The molecule has 1 aliphatic carbocycles. The number of halogens is 1. The molecule has 2 rings (SSSR count). The van der Waals surface area contributed by atoms with E-state index >= 15 is 0 Å². The second-order valence-electron chi connectivity index (χ2n) is 4.73. The highest BCUT2D eigenvalue weighted by Gasteiger charge is 2.17. The molecule has 0 bridgehead atoms. The van der Waals surface area contributed by atoms with E-state index in [0.717, 1.165) is 17.7 Å². The molecule has 1 amide bonds. The molecule has 0 saturated heterocycles. The minimum Gasteiger partial charge on any atom is -0.348 e. The van der Waals surface area contributed by atoms with Crippen LogP contribution in [0.5, 0.6) is 0 Å². The maximum atomic E-state index is 12.0. The highest BCUT2D eigenvalue weighted by molar-refractivity contribution is 7.14. The van der Waals surface area contributed by atoms with E-state index in [1.165, 1.54) is 29.7 Å². The van der Waals surface area contributed by atoms with E-state index in [0.29, 0.717) is 6.54 Å². The topological polar surface area (TPSA) is 55.1 Å². The molecule has 1 heterocycles. The van der Waals surface area contributed by atoms with Crippen LogP contribution in [0.1, 0.15) is 46.3 Å². The number of hydrogen-bond acceptors (Lipinski definition) is 3. The highest BCUT2D eigenvalue weighted by atomic mass is 35.5. The molecule has 0 spiro atoms. The maximum absolute atomic E-state index is 12.0. The van der Waals surface area contributed by atoms with Crippen LogP contribution in [-0.2, 0) is 12.8 Å². The Kier molecular flexibility index (Phi) is 6.12. The van der Waals surface area contributed by atoms with Gasteiger partial charge in [0.2, 0.25) is 0 Å². The summed E-state index contributed by atoms with van der Waals surface area (Å²) in [5, 5.41) is 2.92. The first-order valence-corrected chi connectivity index (χ1v) is 7.15. The fourth-order valence-corrected chi connectivity index (χ4v) is 3.29. The number of carbonyl (C=O) groups excluding carboxylic acids is 1. The van der Waals surface area contributed by atoms with Crippen LogP contribution in [-0.4, -0.2) is 18.5 Å². The van der Waals surface area contributed by atoms with Crippen molar-refractivity contribution in [3.05, 3.63) is 21.4 Å². The summed E-state index contributed by atoms with van der Waals surface area (Å²) in [6, 6.07) is 2.12. The van der Waals surface area contributed by atoms with E-state index in [1.807, 2.05) is 6.92 Å². The largest absolute Gasteiger partial charge is 0.348 e. The second-order valence-corrected chi connectivity index (χ2v) is 5.87. The number of thiophene rings is 1. The van der Waals surface area contributed by atoms with Gasteiger partial charge in [-0.3, -0.25) is 4.79 Å². The SMILES string of the molecule is C[C@H](CN)NC(=O)c1cc2c(s1)CCCCC2.Cl. The molecule has 3 N–H and O–H groups in total. The predicted molar refractivity (Wildman–Crippen MR) is 78.8 cm³/mol. The van der Waals surface area contributed by atoms with Crippen molar-refractivity contribution in [2.75, 3.05) is 6.54 Å². The van der Waals surface area contributed by atoms with Crippen LogP contribution in [0.2, 0.25) is 0 Å². The molecular weight excluding hydrogens is 268 g/mol. The molecule has 0 fully saturated rings. The van der Waals surface area contributed by atoms with Gasteiger partial charge in [0.15, 0.2) is 0 Å². The Morgan fingerprint density at radius 3 is 2.89 bits per heavy atom. The Hall–Kier alpha value is -0.580. The molecular formula is C13H21ClN2OS. The molecule has 0 radical (unpaired) electrons. The second kappa shape index (κ2) is 7.12. The van der Waals surface area contributed by atoms with Crippen LogP contribution in [0.4, 0.5) is 0 Å². The van der Waals surface area contributed by atoms with Crippen molar-refractivity contribution in [2.24, 2.45) is 5.73 Å². The van der Waals surface area contributed by atoms with Crippen molar-refractivity contribution < 1.29 is 4.79 Å². The molecule has 0 aliphatic heterocycles. The van der Waals surface area contributed by atoms with Gasteiger partial charge in [0.05, 0.1) is 4.88 Å². The summed E-state index contributed by atoms with van der Waals surface area (Å²) < 4.78 is 0. The standard InChI is InChI=1S/C13H20N2OS.ClH/c1-9(8-14)15-13(16)12-7-10-5-3-2-4-6-11(10)17-12;/h7,9H,2-6,8,14H2,1H3,(H,15,16);1H/t9-;/m1./s1. The van der Waals surface area contributed by atoms with E-state index in [4.69, 9.17) is 5.73 Å². The zero-order valence-electron chi connectivity index (χ0n) is 10.7. The van der Waals surface area contributed by atoms with Crippen LogP contribution >= 0.6 is 23.7 Å². The van der Waals surface area contributed by atoms with Gasteiger partial charge >= 0.3 is 0 Å². The number of aryl methyl sites for hydroxylation is 2. The lowest BCUT2D eigenvalue weighted by molar-refractivity contribution is 0.0945. The summed E-state index contributed by atoms with van der Waals surface area (Å²) in [6.07, 6.45) is 6.09. The Morgan fingerprint density at radius 2 is 2.17 bits per heavy atom. The minimum atomic E-state index is 0. The third kappa shape index (κ3) is 3.70. The van der Waals surface area contributed by atoms with Gasteiger partial charge in [-0.2, -0.15) is 0 Å². The van der Waals surface area contributed by atoms with Crippen molar-refractivity contribution in [2.45, 2.75) is 45.1 Å². The fraction of sp³-hybridized carbons (Fsp3) is 0.615. The molecule has 0 unspecified atom stereocenters. The predicted octanol–water partition coefficient (Wildman–Crippen LogP) is 2.52. The molecule has 102 valence electrons. The van der Waals surface area contributed by atoms with Gasteiger partial charge in [-0.25, -0.2) is 0 Å². The molecule has 0 aromatic carbocycles. The number of nitrogens with one attached hydrogen (secondary N) is 1. The summed E-state index contributed by atoms with van der Waals surface area (Å²) in [5.41, 5.74) is 6.89. The quantitative estimate of drug-likeness (QED) is 0.840. The summed E-state index contributed by atoms with van der Waals surface area (Å²) in [5.74, 6) is 0.0287. The van der Waals surface area contributed by atoms with Crippen LogP contribution in [0, 0.1) is 0 Å². The van der Waals surface area contributed by atoms with Crippen LogP contribution in [0.3, 0.4) is 0 Å². The lowest BCUT2D eigenvalue weighted by Gasteiger charge is -2.09. The smallest absolute Gasteiger partial charge is 0.261 e. The molecule has 1 aromatic heterocycles. The van der Waals surface area contributed by atoms with Gasteiger partial charge in [0.1, 0.15) is 0 Å². The molecule has 1 aromatic rings. The van der Waals surface area contributed by atoms with Crippen LogP contribution in [0.15, 0.2) is 6.07 Å². The fourth-order valence-electron chi connectivity index (χ4n) is 2.13. The first kappa shape index (κ1) is 15.5. The highest BCUT2D eigenvalue weighted by Crippen LogP contribution is 2.28. The van der Waals surface area contributed by atoms with Crippen molar-refractivity contribution in [3.63, 3.8) is 0 Å². The Balaban J connectivity index is 0.00000162. The van der Waals surface area contributed by atoms with Gasteiger partial charge in [-0.1, -0.05) is 6.42 Å². The summed E-state index contributed by atoms with van der Waals surface area (Å²) >= 11 is 1.66. The Morgan fingerprint density at radius 1 is 1.44 bits per heavy atom. The molecule has 5 heteroatoms. The lowest BCUT2D eigenvalue weighted by atomic mass is 10.1. The van der Waals surface area contributed by atoms with Crippen molar-refractivity contribution in [1.29, 1.82) is 0 Å². The summed E-state index contributed by atoms with van der Waals surface area (Å²) in [4.78, 5) is 14.2. The van der Waals surface area contributed by atoms with Gasteiger partial charge < -0.3 is 11.1 Å². The first-order valence-electron chi connectivity index (χ1n) is 6.33. The van der Waals surface area contributed by atoms with E-state index < -0.39 is 0 Å². The van der Waals surface area contributed by atoms with Gasteiger partial charge in [0, 0.05) is 17.5 Å². The van der Waals surface area contributed by atoms with E-state index in [1.54, 1.807) is 11.3 Å². The Bertz CT molecular complexity index is 382. The monoisotopic (exact) mass is 288 g/mol. The molecule has 18 heavy (non-hydrogen) atoms. The van der Waals surface area contributed by atoms with E-state index in [2.05, 4.69) is 11.4 Å². The number of carbonyl (C=O) groups is 1. The zero-order chi connectivity index (χ0) is 12.3. The number of rotatable bonds is 3. The average Bonchev–Trinajstić information content (AvgIpc) is 2.61. The third-order valence-electron chi connectivity index (χ3n) is 3.20. The van der Waals surface area contributed by atoms with E-state index in [-0.39, 0.29) is 24.4 Å². The number of nitrogens with two attached hydrogens (primary N) is 1. The molecule has 1 aliphatic rings. The third-order valence-corrected chi connectivity index (χ3v) is 4.44. The minimum absolute atomic E-state index is 0. The number of amides is 1. The number of hydrogen-bond donors (Lipinski definition) is 2.